The number of halogens is 1. The van der Waals surface area contributed by atoms with E-state index in [-0.39, 0.29) is 23.2 Å². The molecule has 7 nitrogen and oxygen atoms in total. The van der Waals surface area contributed by atoms with E-state index in [2.05, 4.69) is 15.1 Å². The van der Waals surface area contributed by atoms with Gasteiger partial charge in [0.1, 0.15) is 0 Å². The molecule has 0 fully saturated rings. The highest BCUT2D eigenvalue weighted by Gasteiger charge is 2.22. The lowest BCUT2D eigenvalue weighted by atomic mass is 10.1. The van der Waals surface area contributed by atoms with Gasteiger partial charge in [0.2, 0.25) is 11.9 Å². The Morgan fingerprint density at radius 2 is 1.89 bits per heavy atom. The molecule has 1 N–H and O–H groups in total. The number of aromatic nitrogens is 4. The molecule has 2 heterocycles. The Bertz CT molecular complexity index is 1040. The van der Waals surface area contributed by atoms with Gasteiger partial charge in [-0.1, -0.05) is 37.6 Å². The SMILES string of the molecule is Cc1nc2nc(N(Cc3ccc(Cl)cc3)C(=O)CC(C)C)[nH]n2c(=O)c1C. The van der Waals surface area contributed by atoms with E-state index >= 15 is 0 Å². The van der Waals surface area contributed by atoms with Crippen LogP contribution in [0.15, 0.2) is 29.1 Å². The molecule has 3 rings (SSSR count). The van der Waals surface area contributed by atoms with Gasteiger partial charge in [0.25, 0.3) is 11.3 Å². The van der Waals surface area contributed by atoms with Crippen molar-refractivity contribution in [3.63, 3.8) is 0 Å². The van der Waals surface area contributed by atoms with Crippen molar-refractivity contribution >= 4 is 29.2 Å². The second kappa shape index (κ2) is 7.52. The number of carbonyl (C=O) groups excluding carboxylic acids is 1. The van der Waals surface area contributed by atoms with Crippen molar-refractivity contribution in [2.45, 2.75) is 40.7 Å². The van der Waals surface area contributed by atoms with Crippen LogP contribution in [0.2, 0.25) is 5.02 Å². The number of rotatable bonds is 5. The standard InChI is InChI=1S/C19H22ClN5O2/c1-11(2)9-16(26)24(10-14-5-7-15(20)8-6-14)19-22-18-21-13(4)12(3)17(27)25(18)23-19/h5-8,11H,9-10H2,1-4H3,(H,21,22,23). The van der Waals surface area contributed by atoms with E-state index in [0.717, 1.165) is 5.56 Å². The van der Waals surface area contributed by atoms with Crippen LogP contribution in [0.1, 0.15) is 37.1 Å². The maximum atomic E-state index is 12.9. The Labute approximate surface area is 162 Å². The predicted molar refractivity (Wildman–Crippen MR) is 105 cm³/mol. The molecule has 27 heavy (non-hydrogen) atoms. The van der Waals surface area contributed by atoms with Crippen LogP contribution in [-0.4, -0.2) is 25.5 Å². The zero-order valence-electron chi connectivity index (χ0n) is 15.8. The van der Waals surface area contributed by atoms with Gasteiger partial charge >= 0.3 is 0 Å². The zero-order valence-corrected chi connectivity index (χ0v) is 16.5. The summed E-state index contributed by atoms with van der Waals surface area (Å²) in [5.74, 6) is 0.655. The van der Waals surface area contributed by atoms with E-state index < -0.39 is 0 Å². The number of fused-ring (bicyclic) bond motifs is 1. The minimum absolute atomic E-state index is 0.0829. The van der Waals surface area contributed by atoms with Gasteiger partial charge in [0, 0.05) is 22.7 Å². The van der Waals surface area contributed by atoms with Gasteiger partial charge in [-0.3, -0.25) is 19.6 Å². The van der Waals surface area contributed by atoms with Crippen LogP contribution in [0, 0.1) is 19.8 Å². The molecule has 0 bridgehead atoms. The molecule has 0 radical (unpaired) electrons. The third-order valence-corrected chi connectivity index (χ3v) is 4.60. The summed E-state index contributed by atoms with van der Waals surface area (Å²) in [6, 6.07) is 7.28. The second-order valence-electron chi connectivity index (χ2n) is 7.01. The lowest BCUT2D eigenvalue weighted by Crippen LogP contribution is -2.32. The summed E-state index contributed by atoms with van der Waals surface area (Å²) in [5, 5.41) is 3.56. The van der Waals surface area contributed by atoms with Crippen LogP contribution in [0.3, 0.4) is 0 Å². The Hall–Kier alpha value is -2.67. The predicted octanol–water partition coefficient (Wildman–Crippen LogP) is 3.27. The quantitative estimate of drug-likeness (QED) is 0.728. The van der Waals surface area contributed by atoms with Crippen LogP contribution in [-0.2, 0) is 11.3 Å². The summed E-state index contributed by atoms with van der Waals surface area (Å²) < 4.78 is 1.27. The molecule has 0 saturated heterocycles. The second-order valence-corrected chi connectivity index (χ2v) is 7.45. The van der Waals surface area contributed by atoms with Crippen LogP contribution < -0.4 is 10.5 Å². The van der Waals surface area contributed by atoms with Crippen LogP contribution in [0.5, 0.6) is 0 Å². The Morgan fingerprint density at radius 3 is 2.52 bits per heavy atom. The summed E-state index contributed by atoms with van der Waals surface area (Å²) in [6.07, 6.45) is 0.366. The van der Waals surface area contributed by atoms with Crippen LogP contribution in [0.25, 0.3) is 5.78 Å². The topological polar surface area (TPSA) is 83.4 Å². The normalized spacial score (nSPS) is 11.3. The van der Waals surface area contributed by atoms with E-state index in [1.807, 2.05) is 26.0 Å². The molecule has 0 spiro atoms. The van der Waals surface area contributed by atoms with Gasteiger partial charge in [-0.05, 0) is 37.5 Å². The van der Waals surface area contributed by atoms with Crippen molar-refractivity contribution < 1.29 is 4.79 Å². The summed E-state index contributed by atoms with van der Waals surface area (Å²) in [5.41, 5.74) is 1.85. The molecular weight excluding hydrogens is 366 g/mol. The summed E-state index contributed by atoms with van der Waals surface area (Å²) >= 11 is 5.95. The first-order valence-electron chi connectivity index (χ1n) is 8.77. The average molecular weight is 388 g/mol. The monoisotopic (exact) mass is 387 g/mol. The number of H-pyrrole nitrogens is 1. The van der Waals surface area contributed by atoms with Gasteiger partial charge in [0.05, 0.1) is 6.54 Å². The van der Waals surface area contributed by atoms with Crippen molar-refractivity contribution in [3.8, 4) is 0 Å². The first-order chi connectivity index (χ1) is 12.8. The number of anilines is 1. The lowest BCUT2D eigenvalue weighted by Gasteiger charge is -2.20. The highest BCUT2D eigenvalue weighted by molar-refractivity contribution is 6.30. The van der Waals surface area contributed by atoms with Gasteiger partial charge in [-0.25, -0.2) is 4.98 Å². The molecule has 8 heteroatoms. The van der Waals surface area contributed by atoms with E-state index in [9.17, 15) is 9.59 Å². The molecule has 0 aliphatic heterocycles. The van der Waals surface area contributed by atoms with Crippen molar-refractivity contribution in [2.75, 3.05) is 4.90 Å². The van der Waals surface area contributed by atoms with E-state index in [1.165, 1.54) is 4.52 Å². The van der Waals surface area contributed by atoms with Gasteiger partial charge in [-0.2, -0.15) is 9.50 Å². The van der Waals surface area contributed by atoms with Gasteiger partial charge in [0.15, 0.2) is 0 Å². The third kappa shape index (κ3) is 4.03. The van der Waals surface area contributed by atoms with Crippen LogP contribution in [0.4, 0.5) is 5.95 Å². The van der Waals surface area contributed by atoms with Crippen LogP contribution >= 0.6 is 11.6 Å². The fourth-order valence-corrected chi connectivity index (χ4v) is 2.85. The summed E-state index contributed by atoms with van der Waals surface area (Å²) in [6.45, 7) is 7.76. The first kappa shape index (κ1) is 19.1. The van der Waals surface area contributed by atoms with Crippen molar-refractivity contribution in [1.29, 1.82) is 0 Å². The molecule has 142 valence electrons. The fraction of sp³-hybridized carbons (Fsp3) is 0.368. The molecule has 0 atom stereocenters. The first-order valence-corrected chi connectivity index (χ1v) is 9.15. The molecule has 0 unspecified atom stereocenters. The van der Waals surface area contributed by atoms with E-state index in [1.54, 1.807) is 30.9 Å². The van der Waals surface area contributed by atoms with Crippen molar-refractivity contribution in [3.05, 3.63) is 56.5 Å². The van der Waals surface area contributed by atoms with Gasteiger partial charge < -0.3 is 0 Å². The van der Waals surface area contributed by atoms with E-state index in [0.29, 0.717) is 35.2 Å². The molecule has 3 aromatic rings. The molecule has 0 saturated carbocycles. The number of carbonyl (C=O) groups is 1. The number of hydrogen-bond acceptors (Lipinski definition) is 4. The Kier molecular flexibility index (Phi) is 5.32. The minimum atomic E-state index is -0.223. The number of nitrogens with one attached hydrogen (secondary N) is 1. The molecule has 0 aliphatic rings. The highest BCUT2D eigenvalue weighted by Crippen LogP contribution is 2.18. The van der Waals surface area contributed by atoms with Gasteiger partial charge in [-0.15, -0.1) is 0 Å². The number of aryl methyl sites for hydroxylation is 1. The number of benzene rings is 1. The maximum Gasteiger partial charge on any atom is 0.277 e. The molecule has 1 aromatic carbocycles. The smallest absolute Gasteiger partial charge is 0.277 e. The zero-order chi connectivity index (χ0) is 19.7. The lowest BCUT2D eigenvalue weighted by molar-refractivity contribution is -0.119. The number of hydrogen-bond donors (Lipinski definition) is 1. The Balaban J connectivity index is 2.05. The number of nitrogens with zero attached hydrogens (tertiary/aromatic N) is 4. The third-order valence-electron chi connectivity index (χ3n) is 4.35. The number of aromatic amines is 1. The minimum Gasteiger partial charge on any atom is -0.277 e. The largest absolute Gasteiger partial charge is 0.277 e. The maximum absolute atomic E-state index is 12.9. The summed E-state index contributed by atoms with van der Waals surface area (Å²) in [7, 11) is 0. The van der Waals surface area contributed by atoms with E-state index in [4.69, 9.17) is 11.6 Å². The fourth-order valence-electron chi connectivity index (χ4n) is 2.73. The number of amides is 1. The average Bonchev–Trinajstić information content (AvgIpc) is 3.02. The summed E-state index contributed by atoms with van der Waals surface area (Å²) in [4.78, 5) is 35.6. The molecule has 2 aromatic heterocycles. The van der Waals surface area contributed by atoms with Crippen molar-refractivity contribution in [1.82, 2.24) is 19.6 Å². The van der Waals surface area contributed by atoms with Crippen molar-refractivity contribution in [2.24, 2.45) is 5.92 Å². The molecule has 0 aliphatic carbocycles. The Morgan fingerprint density at radius 1 is 1.22 bits per heavy atom. The highest BCUT2D eigenvalue weighted by atomic mass is 35.5. The molecule has 1 amide bonds. The molecular formula is C19H22ClN5O2.